The lowest BCUT2D eigenvalue weighted by atomic mass is 9.74. The molecule has 6 heteroatoms. The van der Waals surface area contributed by atoms with Crippen LogP contribution in [0.5, 0.6) is 0 Å². The minimum Gasteiger partial charge on any atom is -0.197 e. The number of nitriles is 2. The van der Waals surface area contributed by atoms with Crippen molar-refractivity contribution >= 4 is 11.8 Å². The molecular formula is C15H13F3N2S. The summed E-state index contributed by atoms with van der Waals surface area (Å²) in [6.45, 7) is 5.30. The highest BCUT2D eigenvalue weighted by Crippen LogP contribution is 2.37. The standard InChI is InChI=1S/C15H13F3N2S/c1-3-11(2)14(9-19,10-20)8-12-4-6-13(7-5-12)21-15(16,17)18/h3-7,11H,1,8H2,2H3. The number of rotatable bonds is 5. The zero-order valence-electron chi connectivity index (χ0n) is 11.3. The maximum atomic E-state index is 12.2. The molecule has 21 heavy (non-hydrogen) atoms. The zero-order chi connectivity index (χ0) is 16.1. The van der Waals surface area contributed by atoms with E-state index < -0.39 is 10.9 Å². The van der Waals surface area contributed by atoms with Crippen molar-refractivity contribution in [3.8, 4) is 12.1 Å². The number of nitrogens with zero attached hydrogens (tertiary/aromatic N) is 2. The number of hydrogen-bond donors (Lipinski definition) is 0. The van der Waals surface area contributed by atoms with Gasteiger partial charge in [0.1, 0.15) is 0 Å². The van der Waals surface area contributed by atoms with E-state index in [2.05, 4.69) is 6.58 Å². The molecule has 0 radical (unpaired) electrons. The largest absolute Gasteiger partial charge is 0.446 e. The molecule has 0 aromatic heterocycles. The molecule has 0 spiro atoms. The molecule has 0 aliphatic carbocycles. The number of thioether (sulfide) groups is 1. The van der Waals surface area contributed by atoms with Gasteiger partial charge < -0.3 is 0 Å². The summed E-state index contributed by atoms with van der Waals surface area (Å²) in [4.78, 5) is 0.0718. The van der Waals surface area contributed by atoms with Gasteiger partial charge in [0.15, 0.2) is 5.41 Å². The highest BCUT2D eigenvalue weighted by atomic mass is 32.2. The third kappa shape index (κ3) is 4.54. The number of alkyl halides is 3. The van der Waals surface area contributed by atoms with Crippen LogP contribution in [-0.2, 0) is 6.42 Å². The summed E-state index contributed by atoms with van der Waals surface area (Å²) in [5.41, 5.74) is -4.96. The fourth-order valence-electron chi connectivity index (χ4n) is 1.80. The van der Waals surface area contributed by atoms with Crippen molar-refractivity contribution in [2.45, 2.75) is 23.7 Å². The molecule has 0 amide bonds. The van der Waals surface area contributed by atoms with Crippen molar-refractivity contribution in [3.63, 3.8) is 0 Å². The van der Waals surface area contributed by atoms with Gasteiger partial charge in [-0.25, -0.2) is 0 Å². The van der Waals surface area contributed by atoms with Crippen LogP contribution >= 0.6 is 11.8 Å². The second kappa shape index (κ2) is 6.69. The molecule has 0 aliphatic heterocycles. The van der Waals surface area contributed by atoms with E-state index >= 15 is 0 Å². The molecule has 1 aromatic carbocycles. The predicted octanol–water partition coefficient (Wildman–Crippen LogP) is 4.70. The van der Waals surface area contributed by atoms with Crippen LogP contribution in [0.15, 0.2) is 41.8 Å². The van der Waals surface area contributed by atoms with E-state index in [9.17, 15) is 23.7 Å². The molecule has 0 aliphatic rings. The van der Waals surface area contributed by atoms with E-state index in [4.69, 9.17) is 0 Å². The van der Waals surface area contributed by atoms with Gasteiger partial charge in [-0.1, -0.05) is 25.1 Å². The van der Waals surface area contributed by atoms with Crippen molar-refractivity contribution in [1.29, 1.82) is 10.5 Å². The first-order valence-corrected chi connectivity index (χ1v) is 6.87. The van der Waals surface area contributed by atoms with Gasteiger partial charge in [-0.3, -0.25) is 0 Å². The van der Waals surface area contributed by atoms with E-state index in [1.807, 2.05) is 12.1 Å². The molecule has 0 saturated heterocycles. The number of benzene rings is 1. The number of halogens is 3. The molecule has 2 nitrogen and oxygen atoms in total. The summed E-state index contributed by atoms with van der Waals surface area (Å²) >= 11 is -0.196. The lowest BCUT2D eigenvalue weighted by molar-refractivity contribution is -0.0328. The predicted molar refractivity (Wildman–Crippen MR) is 75.1 cm³/mol. The maximum Gasteiger partial charge on any atom is 0.446 e. The molecule has 0 saturated carbocycles. The Kier molecular flexibility index (Phi) is 5.46. The summed E-state index contributed by atoms with van der Waals surface area (Å²) in [7, 11) is 0. The van der Waals surface area contributed by atoms with Crippen molar-refractivity contribution in [2.24, 2.45) is 11.3 Å². The Balaban J connectivity index is 2.95. The Hall–Kier alpha value is -1.92. The van der Waals surface area contributed by atoms with E-state index in [0.29, 0.717) is 5.56 Å². The van der Waals surface area contributed by atoms with Gasteiger partial charge in [-0.2, -0.15) is 23.7 Å². The highest BCUT2D eigenvalue weighted by Gasteiger charge is 2.35. The Morgan fingerprint density at radius 3 is 2.14 bits per heavy atom. The van der Waals surface area contributed by atoms with Crippen molar-refractivity contribution in [1.82, 2.24) is 0 Å². The highest BCUT2D eigenvalue weighted by molar-refractivity contribution is 8.00. The number of hydrogen-bond acceptors (Lipinski definition) is 3. The minimum atomic E-state index is -4.33. The fourth-order valence-corrected chi connectivity index (χ4v) is 2.34. The van der Waals surface area contributed by atoms with Gasteiger partial charge in [0, 0.05) is 17.2 Å². The van der Waals surface area contributed by atoms with Crippen LogP contribution in [0.2, 0.25) is 0 Å². The molecular weight excluding hydrogens is 297 g/mol. The second-order valence-electron chi connectivity index (χ2n) is 4.59. The maximum absolute atomic E-state index is 12.2. The molecule has 110 valence electrons. The van der Waals surface area contributed by atoms with Crippen LogP contribution in [0.4, 0.5) is 13.2 Å². The smallest absolute Gasteiger partial charge is 0.197 e. The van der Waals surface area contributed by atoms with Crippen molar-refractivity contribution in [2.75, 3.05) is 0 Å². The summed E-state index contributed by atoms with van der Waals surface area (Å²) in [5.74, 6) is -0.350. The lowest BCUT2D eigenvalue weighted by Gasteiger charge is -2.23. The summed E-state index contributed by atoms with van der Waals surface area (Å²) in [5, 5.41) is 18.5. The lowest BCUT2D eigenvalue weighted by Crippen LogP contribution is -2.26. The monoisotopic (exact) mass is 310 g/mol. The Bertz CT molecular complexity index is 565. The quantitative estimate of drug-likeness (QED) is 0.585. The van der Waals surface area contributed by atoms with E-state index in [1.165, 1.54) is 30.3 Å². The molecule has 1 rings (SSSR count). The topological polar surface area (TPSA) is 47.6 Å². The van der Waals surface area contributed by atoms with Crippen LogP contribution in [0.1, 0.15) is 12.5 Å². The average Bonchev–Trinajstić information content (AvgIpc) is 2.44. The SMILES string of the molecule is C=CC(C)C(C#N)(C#N)Cc1ccc(SC(F)(F)F)cc1. The molecule has 0 N–H and O–H groups in total. The van der Waals surface area contributed by atoms with E-state index in [1.54, 1.807) is 6.92 Å². The summed E-state index contributed by atoms with van der Waals surface area (Å²) in [6.07, 6.45) is 1.67. The Morgan fingerprint density at radius 2 is 1.76 bits per heavy atom. The van der Waals surface area contributed by atoms with Gasteiger partial charge in [-0.05, 0) is 29.5 Å². The molecule has 0 bridgehead atoms. The van der Waals surface area contributed by atoms with Crippen LogP contribution in [0.3, 0.4) is 0 Å². The summed E-state index contributed by atoms with van der Waals surface area (Å²) in [6, 6.07) is 9.69. The fraction of sp³-hybridized carbons (Fsp3) is 0.333. The van der Waals surface area contributed by atoms with Crippen LogP contribution in [0.25, 0.3) is 0 Å². The number of allylic oxidation sites excluding steroid dienone is 1. The molecule has 0 heterocycles. The van der Waals surface area contributed by atoms with Crippen molar-refractivity contribution in [3.05, 3.63) is 42.5 Å². The Labute approximate surface area is 125 Å². The Morgan fingerprint density at radius 1 is 1.24 bits per heavy atom. The van der Waals surface area contributed by atoms with Crippen LogP contribution in [0, 0.1) is 34.0 Å². The average molecular weight is 310 g/mol. The molecule has 0 fully saturated rings. The summed E-state index contributed by atoms with van der Waals surface area (Å²) < 4.78 is 36.7. The molecule has 1 atom stereocenters. The molecule has 1 unspecified atom stereocenters. The first-order chi connectivity index (χ1) is 9.76. The van der Waals surface area contributed by atoms with E-state index in [0.717, 1.165) is 0 Å². The second-order valence-corrected chi connectivity index (χ2v) is 5.73. The minimum absolute atomic E-state index is 0.0718. The van der Waals surface area contributed by atoms with Gasteiger partial charge in [0.05, 0.1) is 12.1 Å². The third-order valence-electron chi connectivity index (χ3n) is 3.17. The molecule has 1 aromatic rings. The van der Waals surface area contributed by atoms with Crippen molar-refractivity contribution < 1.29 is 13.2 Å². The third-order valence-corrected chi connectivity index (χ3v) is 3.91. The van der Waals surface area contributed by atoms with Crippen LogP contribution in [-0.4, -0.2) is 5.51 Å². The first-order valence-electron chi connectivity index (χ1n) is 6.06. The van der Waals surface area contributed by atoms with Gasteiger partial charge in [-0.15, -0.1) is 6.58 Å². The normalized spacial score (nSPS) is 13.0. The first kappa shape index (κ1) is 17.1. The van der Waals surface area contributed by atoms with Crippen LogP contribution < -0.4 is 0 Å². The van der Waals surface area contributed by atoms with E-state index in [-0.39, 0.29) is 29.0 Å². The zero-order valence-corrected chi connectivity index (χ0v) is 12.1. The van der Waals surface area contributed by atoms with Gasteiger partial charge >= 0.3 is 5.51 Å². The van der Waals surface area contributed by atoms with Gasteiger partial charge in [0.2, 0.25) is 0 Å². The van der Waals surface area contributed by atoms with Gasteiger partial charge in [0.25, 0.3) is 0 Å².